The van der Waals surface area contributed by atoms with E-state index < -0.39 is 67.2 Å². The van der Waals surface area contributed by atoms with Gasteiger partial charge < -0.3 is 50.2 Å². The number of rotatable bonds is 20. The van der Waals surface area contributed by atoms with Gasteiger partial charge in [0.25, 0.3) is 0 Å². The average molecular weight is 670 g/mol. The van der Waals surface area contributed by atoms with E-state index in [-0.39, 0.29) is 24.7 Å². The summed E-state index contributed by atoms with van der Waals surface area (Å²) < 4.78 is 43.1. The number of carbonyl (C=O) groups is 1. The normalized spacial score (nSPS) is 23.2. The lowest BCUT2D eigenvalue weighted by molar-refractivity contribution is -0.303. The van der Waals surface area contributed by atoms with Gasteiger partial charge >= 0.3 is 0 Å². The standard InChI is InChI=1S/C34H49F2NO10/c1-21(39)30(41)26(20-45-34-33(44)32(43)31(42)28(19-38)47-34)37-29(40)11-9-7-5-3-2-4-6-8-10-22-12-15-24(16-13-22)46-27-17-14-23(35)18-25(27)36/h12-18,21,26,28,30-34,38-39,41-44H,2-11,19-20H2,1H3,(H,37,40)/t21-,26+,28?,30-,31+,32?,33?,34+/m1/s1. The van der Waals surface area contributed by atoms with Gasteiger partial charge in [-0.15, -0.1) is 0 Å². The molecule has 2 aromatic rings. The number of nitrogens with one attached hydrogen (secondary N) is 1. The third-order valence-corrected chi connectivity index (χ3v) is 8.21. The Bertz CT molecular complexity index is 1200. The lowest BCUT2D eigenvalue weighted by Crippen LogP contribution is -2.60. The Morgan fingerprint density at radius 3 is 2.15 bits per heavy atom. The molecule has 11 nitrogen and oxygen atoms in total. The molecule has 0 aromatic heterocycles. The maximum absolute atomic E-state index is 13.8. The number of aliphatic hydroxyl groups excluding tert-OH is 6. The first-order valence-electron chi connectivity index (χ1n) is 16.3. The van der Waals surface area contributed by atoms with Crippen LogP contribution in [0.15, 0.2) is 42.5 Å². The molecule has 2 aromatic carbocycles. The topological polar surface area (TPSA) is 178 Å². The fraction of sp³-hybridized carbons (Fsp3) is 0.618. The molecule has 1 fully saturated rings. The molecule has 1 aliphatic rings. The quantitative estimate of drug-likeness (QED) is 0.104. The van der Waals surface area contributed by atoms with E-state index in [1.54, 1.807) is 12.1 Å². The van der Waals surface area contributed by atoms with Gasteiger partial charge in [0.05, 0.1) is 25.4 Å². The van der Waals surface area contributed by atoms with E-state index in [0.717, 1.165) is 69.1 Å². The fourth-order valence-corrected chi connectivity index (χ4v) is 5.33. The van der Waals surface area contributed by atoms with Gasteiger partial charge in [0.2, 0.25) is 5.91 Å². The van der Waals surface area contributed by atoms with E-state index in [2.05, 4.69) is 5.32 Å². The molecule has 8 atom stereocenters. The first-order chi connectivity index (χ1) is 22.5. The molecule has 264 valence electrons. The van der Waals surface area contributed by atoms with Crippen LogP contribution in [0.25, 0.3) is 0 Å². The second-order valence-corrected chi connectivity index (χ2v) is 12.1. The van der Waals surface area contributed by atoms with Gasteiger partial charge in [0.1, 0.15) is 42.1 Å². The van der Waals surface area contributed by atoms with Crippen molar-refractivity contribution in [2.75, 3.05) is 13.2 Å². The number of aryl methyl sites for hydroxylation is 1. The van der Waals surface area contributed by atoms with Crippen LogP contribution in [0.1, 0.15) is 70.3 Å². The zero-order valence-electron chi connectivity index (χ0n) is 26.7. The number of ether oxygens (including phenoxy) is 3. The van der Waals surface area contributed by atoms with Crippen molar-refractivity contribution in [2.24, 2.45) is 0 Å². The van der Waals surface area contributed by atoms with Crippen molar-refractivity contribution in [3.63, 3.8) is 0 Å². The van der Waals surface area contributed by atoms with E-state index in [4.69, 9.17) is 14.2 Å². The summed E-state index contributed by atoms with van der Waals surface area (Å²) in [7, 11) is 0. The van der Waals surface area contributed by atoms with Gasteiger partial charge in [-0.1, -0.05) is 50.7 Å². The minimum absolute atomic E-state index is 0.0261. The first-order valence-corrected chi connectivity index (χ1v) is 16.3. The summed E-state index contributed by atoms with van der Waals surface area (Å²) in [4.78, 5) is 12.6. The van der Waals surface area contributed by atoms with Crippen LogP contribution in [0.4, 0.5) is 8.78 Å². The molecular weight excluding hydrogens is 620 g/mol. The molecule has 7 N–H and O–H groups in total. The third kappa shape index (κ3) is 12.7. The molecule has 1 heterocycles. The minimum Gasteiger partial charge on any atom is -0.454 e. The SMILES string of the molecule is C[C@@H](O)[C@@H](O)[C@H](CO[C@H]1OC(CO)[C@H](O)C(O)C1O)NC(=O)CCCCCCCCCCc1ccc(Oc2ccc(F)cc2F)cc1. The summed E-state index contributed by atoms with van der Waals surface area (Å²) in [6.45, 7) is 0.368. The van der Waals surface area contributed by atoms with E-state index in [0.29, 0.717) is 12.2 Å². The van der Waals surface area contributed by atoms with Crippen LogP contribution < -0.4 is 10.1 Å². The maximum Gasteiger partial charge on any atom is 0.220 e. The summed E-state index contributed by atoms with van der Waals surface area (Å²) in [5, 5.41) is 62.2. The van der Waals surface area contributed by atoms with Crippen molar-refractivity contribution in [2.45, 2.75) is 120 Å². The van der Waals surface area contributed by atoms with E-state index in [9.17, 15) is 44.2 Å². The monoisotopic (exact) mass is 669 g/mol. The molecule has 0 saturated carbocycles. The molecule has 1 aliphatic heterocycles. The van der Waals surface area contributed by atoms with Gasteiger partial charge in [-0.25, -0.2) is 8.78 Å². The molecule has 0 bridgehead atoms. The number of aliphatic hydroxyl groups is 6. The molecular formula is C34H49F2NO10. The van der Waals surface area contributed by atoms with Crippen molar-refractivity contribution >= 4 is 5.91 Å². The summed E-state index contributed by atoms with van der Waals surface area (Å²) in [5.74, 6) is -1.29. The molecule has 1 saturated heterocycles. The number of amides is 1. The molecule has 3 unspecified atom stereocenters. The predicted octanol–water partition coefficient (Wildman–Crippen LogP) is 2.85. The van der Waals surface area contributed by atoms with Crippen LogP contribution in [0.2, 0.25) is 0 Å². The lowest BCUT2D eigenvalue weighted by Gasteiger charge is -2.40. The first kappa shape index (κ1) is 38.7. The van der Waals surface area contributed by atoms with Crippen molar-refractivity contribution in [3.05, 3.63) is 59.7 Å². The van der Waals surface area contributed by atoms with Gasteiger partial charge in [0, 0.05) is 12.5 Å². The number of carbonyl (C=O) groups excluding carboxylic acids is 1. The Balaban J connectivity index is 1.26. The van der Waals surface area contributed by atoms with Gasteiger partial charge in [0.15, 0.2) is 17.9 Å². The molecule has 0 spiro atoms. The summed E-state index contributed by atoms with van der Waals surface area (Å²) in [6, 6.07) is 9.57. The van der Waals surface area contributed by atoms with Crippen LogP contribution in [-0.2, 0) is 20.7 Å². The van der Waals surface area contributed by atoms with Crippen molar-refractivity contribution in [1.29, 1.82) is 0 Å². The van der Waals surface area contributed by atoms with E-state index >= 15 is 0 Å². The molecule has 47 heavy (non-hydrogen) atoms. The Morgan fingerprint density at radius 1 is 0.894 bits per heavy atom. The van der Waals surface area contributed by atoms with Crippen molar-refractivity contribution in [3.8, 4) is 11.5 Å². The summed E-state index contributed by atoms with van der Waals surface area (Å²) in [6.07, 6.45) is -1.02. The number of halogens is 2. The lowest BCUT2D eigenvalue weighted by atomic mass is 9.99. The number of hydrogen-bond acceptors (Lipinski definition) is 10. The highest BCUT2D eigenvalue weighted by Gasteiger charge is 2.44. The van der Waals surface area contributed by atoms with Gasteiger partial charge in [-0.05, 0) is 56.0 Å². The molecule has 0 aliphatic carbocycles. The van der Waals surface area contributed by atoms with Crippen LogP contribution in [-0.4, -0.2) is 98.7 Å². The van der Waals surface area contributed by atoms with E-state index in [1.165, 1.54) is 13.0 Å². The maximum atomic E-state index is 13.8. The smallest absolute Gasteiger partial charge is 0.220 e. The van der Waals surface area contributed by atoms with Crippen LogP contribution in [0.3, 0.4) is 0 Å². The third-order valence-electron chi connectivity index (χ3n) is 8.21. The number of benzene rings is 2. The van der Waals surface area contributed by atoms with Crippen LogP contribution in [0.5, 0.6) is 11.5 Å². The Labute approximate surface area is 274 Å². The number of hydrogen-bond donors (Lipinski definition) is 7. The zero-order chi connectivity index (χ0) is 34.3. The average Bonchev–Trinajstić information content (AvgIpc) is 3.05. The zero-order valence-corrected chi connectivity index (χ0v) is 26.7. The summed E-state index contributed by atoms with van der Waals surface area (Å²) in [5.41, 5.74) is 1.15. The van der Waals surface area contributed by atoms with Gasteiger partial charge in [-0.2, -0.15) is 0 Å². The fourth-order valence-electron chi connectivity index (χ4n) is 5.33. The van der Waals surface area contributed by atoms with Crippen molar-refractivity contribution < 1.29 is 58.4 Å². The van der Waals surface area contributed by atoms with Crippen LogP contribution in [0, 0.1) is 11.6 Å². The van der Waals surface area contributed by atoms with Crippen LogP contribution >= 0.6 is 0 Å². The van der Waals surface area contributed by atoms with Gasteiger partial charge in [-0.3, -0.25) is 4.79 Å². The van der Waals surface area contributed by atoms with E-state index in [1.807, 2.05) is 12.1 Å². The second-order valence-electron chi connectivity index (χ2n) is 12.1. The Kier molecular flexibility index (Phi) is 16.4. The molecule has 0 radical (unpaired) electrons. The minimum atomic E-state index is -1.63. The molecule has 1 amide bonds. The highest BCUT2D eigenvalue weighted by atomic mass is 19.1. The second kappa shape index (κ2) is 19.9. The predicted molar refractivity (Wildman–Crippen MR) is 167 cm³/mol. The highest BCUT2D eigenvalue weighted by molar-refractivity contribution is 5.76. The largest absolute Gasteiger partial charge is 0.454 e. The van der Waals surface area contributed by atoms with Crippen molar-refractivity contribution in [1.82, 2.24) is 5.32 Å². The Morgan fingerprint density at radius 2 is 1.53 bits per heavy atom. The number of unbranched alkanes of at least 4 members (excludes halogenated alkanes) is 7. The highest BCUT2D eigenvalue weighted by Crippen LogP contribution is 2.26. The molecule has 3 rings (SSSR count). The summed E-state index contributed by atoms with van der Waals surface area (Å²) >= 11 is 0. The Hall–Kier alpha value is -2.75. The molecule has 13 heteroatoms.